The van der Waals surface area contributed by atoms with Crippen LogP contribution in [0.15, 0.2) is 53.5 Å². The SMILES string of the molecule is CC(C)OCCNCc1ccc(-c2ccc3c(=O)n(CC[C@](C)(C(=O)NO)S(C)(=O)=O)ccc3c2)c(F)c1. The van der Waals surface area contributed by atoms with Crippen molar-refractivity contribution < 1.29 is 27.5 Å². The van der Waals surface area contributed by atoms with Crippen molar-refractivity contribution in [1.82, 2.24) is 15.4 Å². The molecule has 3 aromatic rings. The number of hydrogen-bond acceptors (Lipinski definition) is 7. The van der Waals surface area contributed by atoms with Gasteiger partial charge in [0.1, 0.15) is 5.82 Å². The third kappa shape index (κ3) is 6.65. The Morgan fingerprint density at radius 2 is 1.92 bits per heavy atom. The maximum absolute atomic E-state index is 14.9. The standard InChI is InChI=1S/C27H34FN3O6S/c1-18(2)37-14-11-29-17-19-5-7-22(24(28)15-19)20-6-8-23-21(16-20)9-12-31(25(23)32)13-10-27(3,26(33)30-34)38(4,35)36/h5-9,12,15-16,18,29,34H,10-11,13-14,17H2,1-4H3,(H,30,33)/t27-/m1/s1. The summed E-state index contributed by atoms with van der Waals surface area (Å²) in [5, 5.41) is 13.2. The van der Waals surface area contributed by atoms with E-state index in [0.29, 0.717) is 41.6 Å². The van der Waals surface area contributed by atoms with E-state index in [-0.39, 0.29) is 30.4 Å². The summed E-state index contributed by atoms with van der Waals surface area (Å²) < 4.78 is 44.2. The topological polar surface area (TPSA) is 127 Å². The molecule has 0 spiro atoms. The lowest BCUT2D eigenvalue weighted by atomic mass is 10.00. The molecule has 1 aromatic heterocycles. The Bertz CT molecular complexity index is 1470. The van der Waals surface area contributed by atoms with E-state index in [1.165, 1.54) is 29.2 Å². The average molecular weight is 548 g/mol. The third-order valence-corrected chi connectivity index (χ3v) is 8.64. The van der Waals surface area contributed by atoms with E-state index in [1.807, 2.05) is 19.9 Å². The second-order valence-electron chi connectivity index (χ2n) is 9.72. The van der Waals surface area contributed by atoms with Crippen molar-refractivity contribution in [2.75, 3.05) is 19.4 Å². The van der Waals surface area contributed by atoms with E-state index in [0.717, 1.165) is 11.8 Å². The number of nitrogens with one attached hydrogen (secondary N) is 2. The Kier molecular flexibility index (Phi) is 9.42. The van der Waals surface area contributed by atoms with Crippen molar-refractivity contribution in [2.45, 2.75) is 51.1 Å². The summed E-state index contributed by atoms with van der Waals surface area (Å²) in [5.74, 6) is -1.44. The number of hydrogen-bond donors (Lipinski definition) is 3. The normalized spacial score (nSPS) is 13.6. The first-order valence-corrected chi connectivity index (χ1v) is 14.1. The fourth-order valence-electron chi connectivity index (χ4n) is 4.05. The largest absolute Gasteiger partial charge is 0.377 e. The molecule has 1 amide bonds. The molecule has 2 aromatic carbocycles. The van der Waals surface area contributed by atoms with E-state index in [4.69, 9.17) is 9.94 Å². The van der Waals surface area contributed by atoms with Crippen LogP contribution in [0, 0.1) is 5.82 Å². The van der Waals surface area contributed by atoms with Crippen molar-refractivity contribution in [3.63, 3.8) is 0 Å². The molecule has 0 saturated heterocycles. The van der Waals surface area contributed by atoms with Crippen LogP contribution in [-0.4, -0.2) is 54.4 Å². The van der Waals surface area contributed by atoms with Crippen LogP contribution >= 0.6 is 0 Å². The first-order valence-electron chi connectivity index (χ1n) is 12.3. The highest BCUT2D eigenvalue weighted by molar-refractivity contribution is 7.92. The summed E-state index contributed by atoms with van der Waals surface area (Å²) in [6.45, 7) is 6.81. The first-order chi connectivity index (χ1) is 17.9. The Morgan fingerprint density at radius 1 is 1.18 bits per heavy atom. The van der Waals surface area contributed by atoms with Crippen LogP contribution in [0.5, 0.6) is 0 Å². The number of carbonyl (C=O) groups is 1. The molecule has 0 aliphatic rings. The molecule has 0 saturated carbocycles. The summed E-state index contributed by atoms with van der Waals surface area (Å²) in [5.41, 5.74) is 2.84. The van der Waals surface area contributed by atoms with Gasteiger partial charge in [0.25, 0.3) is 11.5 Å². The summed E-state index contributed by atoms with van der Waals surface area (Å²) in [7, 11) is -3.89. The van der Waals surface area contributed by atoms with Crippen LogP contribution in [0.1, 0.15) is 32.8 Å². The molecule has 0 unspecified atom stereocenters. The fourth-order valence-corrected chi connectivity index (χ4v) is 4.90. The Morgan fingerprint density at radius 3 is 2.55 bits per heavy atom. The number of amides is 1. The van der Waals surface area contributed by atoms with Gasteiger partial charge in [-0.1, -0.05) is 18.2 Å². The smallest absolute Gasteiger partial charge is 0.264 e. The van der Waals surface area contributed by atoms with Crippen LogP contribution in [0.3, 0.4) is 0 Å². The highest BCUT2D eigenvalue weighted by Crippen LogP contribution is 2.27. The highest BCUT2D eigenvalue weighted by atomic mass is 32.2. The van der Waals surface area contributed by atoms with E-state index in [9.17, 15) is 22.4 Å². The van der Waals surface area contributed by atoms with Gasteiger partial charge in [0, 0.05) is 43.0 Å². The van der Waals surface area contributed by atoms with Gasteiger partial charge in [0.15, 0.2) is 14.6 Å². The number of ether oxygens (including phenoxy) is 1. The monoisotopic (exact) mass is 547 g/mol. The second-order valence-corrected chi connectivity index (χ2v) is 12.2. The maximum atomic E-state index is 14.9. The molecule has 0 aliphatic carbocycles. The molecular formula is C27H34FN3O6S. The predicted molar refractivity (Wildman–Crippen MR) is 144 cm³/mol. The van der Waals surface area contributed by atoms with Gasteiger partial charge in [-0.3, -0.25) is 14.8 Å². The zero-order valence-electron chi connectivity index (χ0n) is 22.0. The van der Waals surface area contributed by atoms with Gasteiger partial charge in [-0.25, -0.2) is 18.3 Å². The molecule has 9 nitrogen and oxygen atoms in total. The Labute approximate surface area is 221 Å². The van der Waals surface area contributed by atoms with Crippen molar-refractivity contribution in [3.05, 3.63) is 70.4 Å². The number of rotatable bonds is 12. The fraction of sp³-hybridized carbons (Fsp3) is 0.407. The number of carbonyl (C=O) groups excluding carboxylic acids is 1. The van der Waals surface area contributed by atoms with Crippen LogP contribution < -0.4 is 16.4 Å². The minimum Gasteiger partial charge on any atom is -0.377 e. The van der Waals surface area contributed by atoms with Crippen LogP contribution in [0.2, 0.25) is 0 Å². The lowest BCUT2D eigenvalue weighted by Gasteiger charge is -2.25. The van der Waals surface area contributed by atoms with Gasteiger partial charge < -0.3 is 14.6 Å². The van der Waals surface area contributed by atoms with E-state index in [2.05, 4.69) is 5.32 Å². The van der Waals surface area contributed by atoms with Gasteiger partial charge in [0.2, 0.25) is 0 Å². The number of hydroxylamine groups is 1. The molecule has 38 heavy (non-hydrogen) atoms. The molecule has 0 fully saturated rings. The quantitative estimate of drug-likeness (QED) is 0.181. The number of fused-ring (bicyclic) bond motifs is 1. The van der Waals surface area contributed by atoms with Gasteiger partial charge in [0.05, 0.1) is 12.7 Å². The lowest BCUT2D eigenvalue weighted by molar-refractivity contribution is -0.131. The molecule has 206 valence electrons. The second kappa shape index (κ2) is 12.2. The number of aryl methyl sites for hydroxylation is 1. The van der Waals surface area contributed by atoms with Crippen molar-refractivity contribution in [3.8, 4) is 11.1 Å². The average Bonchev–Trinajstić information content (AvgIpc) is 2.86. The van der Waals surface area contributed by atoms with E-state index < -0.39 is 20.5 Å². The molecule has 3 N–H and O–H groups in total. The summed E-state index contributed by atoms with van der Waals surface area (Å²) in [6.07, 6.45) is 2.34. The molecule has 1 atom stereocenters. The number of aromatic nitrogens is 1. The van der Waals surface area contributed by atoms with Crippen molar-refractivity contribution in [1.29, 1.82) is 0 Å². The third-order valence-electron chi connectivity index (χ3n) is 6.61. The minimum absolute atomic E-state index is 0.0682. The number of benzene rings is 2. The van der Waals surface area contributed by atoms with Crippen molar-refractivity contribution in [2.24, 2.45) is 0 Å². The van der Waals surface area contributed by atoms with Crippen molar-refractivity contribution >= 4 is 26.5 Å². The predicted octanol–water partition coefficient (Wildman–Crippen LogP) is 3.02. The number of sulfone groups is 1. The Balaban J connectivity index is 1.78. The molecule has 0 bridgehead atoms. The highest BCUT2D eigenvalue weighted by Gasteiger charge is 2.43. The zero-order chi connectivity index (χ0) is 28.1. The van der Waals surface area contributed by atoms with Gasteiger partial charge >= 0.3 is 0 Å². The summed E-state index contributed by atoms with van der Waals surface area (Å²) in [6, 6.07) is 11.7. The van der Waals surface area contributed by atoms with Crippen LogP contribution in [0.25, 0.3) is 21.9 Å². The number of nitrogens with zero attached hydrogens (tertiary/aromatic N) is 1. The molecular weight excluding hydrogens is 513 g/mol. The van der Waals surface area contributed by atoms with Crippen LogP contribution in [0.4, 0.5) is 4.39 Å². The maximum Gasteiger partial charge on any atom is 0.264 e. The molecule has 0 aliphatic heterocycles. The van der Waals surface area contributed by atoms with Gasteiger partial charge in [-0.15, -0.1) is 0 Å². The van der Waals surface area contributed by atoms with Gasteiger partial charge in [-0.05, 0) is 68.0 Å². The minimum atomic E-state index is -3.89. The molecule has 1 heterocycles. The molecule has 11 heteroatoms. The molecule has 0 radical (unpaired) electrons. The van der Waals surface area contributed by atoms with Crippen LogP contribution in [-0.2, 0) is 32.5 Å². The van der Waals surface area contributed by atoms with Gasteiger partial charge in [-0.2, -0.15) is 0 Å². The zero-order valence-corrected chi connectivity index (χ0v) is 22.8. The van der Waals surface area contributed by atoms with E-state index in [1.54, 1.807) is 30.3 Å². The number of halogens is 1. The van der Waals surface area contributed by atoms with E-state index >= 15 is 0 Å². The summed E-state index contributed by atoms with van der Waals surface area (Å²) >= 11 is 0. The summed E-state index contributed by atoms with van der Waals surface area (Å²) in [4.78, 5) is 25.1. The Hall–Kier alpha value is -3.12. The number of pyridine rings is 1. The first kappa shape index (κ1) is 29.4. The lowest BCUT2D eigenvalue weighted by Crippen LogP contribution is -2.49. The molecule has 3 rings (SSSR count).